The monoisotopic (exact) mass is 308 g/mol. The Balaban J connectivity index is 2.03. The number of carboxylic acids is 1. The molecule has 0 saturated carbocycles. The summed E-state index contributed by atoms with van der Waals surface area (Å²) < 4.78 is 5.56. The van der Waals surface area contributed by atoms with Crippen LogP contribution in [0.25, 0.3) is 0 Å². The normalized spacial score (nSPS) is 11.7. The van der Waals surface area contributed by atoms with E-state index in [0.717, 1.165) is 12.0 Å². The maximum Gasteiger partial charge on any atom is 0.314 e. The second-order valence-corrected chi connectivity index (χ2v) is 5.13. The summed E-state index contributed by atoms with van der Waals surface area (Å²) in [5.41, 5.74) is 1.12. The summed E-state index contributed by atoms with van der Waals surface area (Å²) in [6, 6.07) is 9.63. The van der Waals surface area contributed by atoms with E-state index in [1.54, 1.807) is 0 Å². The molecule has 1 aromatic carbocycles. The molecule has 0 bridgehead atoms. The molecule has 6 nitrogen and oxygen atoms in total. The third-order valence-electron chi connectivity index (χ3n) is 3.04. The van der Waals surface area contributed by atoms with Crippen molar-refractivity contribution in [3.05, 3.63) is 35.9 Å². The number of carbonyl (C=O) groups excluding carboxylic acids is 1. The summed E-state index contributed by atoms with van der Waals surface area (Å²) in [6.45, 7) is 3.39. The molecule has 6 heteroatoms. The molecule has 0 aliphatic rings. The van der Waals surface area contributed by atoms with Crippen molar-refractivity contribution in [2.45, 2.75) is 38.8 Å². The molecule has 1 aromatic rings. The van der Waals surface area contributed by atoms with Crippen molar-refractivity contribution in [1.82, 2.24) is 10.6 Å². The molecule has 3 N–H and O–H groups in total. The number of ether oxygens (including phenoxy) is 1. The standard InChI is InChI=1S/C16H24N2O4/c1-13(18-16(21)17-10-5-8-15(19)20)9-11-22-12-14-6-3-2-4-7-14/h2-4,6-7,13H,5,8-12H2,1H3,(H,19,20)(H2,17,18,21). The molecule has 0 aliphatic heterocycles. The summed E-state index contributed by atoms with van der Waals surface area (Å²) >= 11 is 0. The van der Waals surface area contributed by atoms with E-state index in [2.05, 4.69) is 10.6 Å². The first-order valence-corrected chi connectivity index (χ1v) is 7.45. The van der Waals surface area contributed by atoms with Gasteiger partial charge in [-0.2, -0.15) is 0 Å². The van der Waals surface area contributed by atoms with Crippen LogP contribution in [0.1, 0.15) is 31.7 Å². The Hall–Kier alpha value is -2.08. The van der Waals surface area contributed by atoms with Crippen LogP contribution in [0.4, 0.5) is 4.79 Å². The number of rotatable bonds is 10. The smallest absolute Gasteiger partial charge is 0.314 e. The number of hydrogen-bond donors (Lipinski definition) is 3. The number of carboxylic acid groups (broad SMARTS) is 1. The number of urea groups is 1. The van der Waals surface area contributed by atoms with Crippen molar-refractivity contribution in [3.8, 4) is 0 Å². The minimum absolute atomic E-state index is 0.00440. The van der Waals surface area contributed by atoms with Gasteiger partial charge in [0.1, 0.15) is 0 Å². The van der Waals surface area contributed by atoms with Gasteiger partial charge in [-0.15, -0.1) is 0 Å². The molecule has 1 unspecified atom stereocenters. The molecule has 0 fully saturated rings. The maximum absolute atomic E-state index is 11.5. The van der Waals surface area contributed by atoms with Gasteiger partial charge < -0.3 is 20.5 Å². The molecule has 122 valence electrons. The first kappa shape index (κ1) is 18.0. The van der Waals surface area contributed by atoms with Crippen molar-refractivity contribution in [3.63, 3.8) is 0 Å². The predicted molar refractivity (Wildman–Crippen MR) is 83.6 cm³/mol. The lowest BCUT2D eigenvalue weighted by Gasteiger charge is -2.14. The highest BCUT2D eigenvalue weighted by Gasteiger charge is 2.07. The van der Waals surface area contributed by atoms with E-state index in [9.17, 15) is 9.59 Å². The minimum atomic E-state index is -0.855. The molecule has 0 aromatic heterocycles. The Kier molecular flexibility index (Phi) is 8.67. The molecule has 0 radical (unpaired) electrons. The van der Waals surface area contributed by atoms with Crippen molar-refractivity contribution < 1.29 is 19.4 Å². The molecule has 22 heavy (non-hydrogen) atoms. The van der Waals surface area contributed by atoms with Gasteiger partial charge in [-0.3, -0.25) is 4.79 Å². The molecular formula is C16H24N2O4. The van der Waals surface area contributed by atoms with Crippen LogP contribution in [0.5, 0.6) is 0 Å². The Morgan fingerprint density at radius 2 is 2.00 bits per heavy atom. The van der Waals surface area contributed by atoms with Gasteiger partial charge in [-0.05, 0) is 25.3 Å². The zero-order chi connectivity index (χ0) is 16.2. The highest BCUT2D eigenvalue weighted by Crippen LogP contribution is 2.01. The quantitative estimate of drug-likeness (QED) is 0.578. The molecule has 0 spiro atoms. The van der Waals surface area contributed by atoms with E-state index < -0.39 is 5.97 Å². The SMILES string of the molecule is CC(CCOCc1ccccc1)NC(=O)NCCCC(=O)O. The molecule has 2 amide bonds. The van der Waals surface area contributed by atoms with E-state index in [4.69, 9.17) is 9.84 Å². The molecule has 0 heterocycles. The van der Waals surface area contributed by atoms with Crippen molar-refractivity contribution in [2.75, 3.05) is 13.2 Å². The molecule has 0 saturated heterocycles. The molecular weight excluding hydrogens is 284 g/mol. The largest absolute Gasteiger partial charge is 0.481 e. The van der Waals surface area contributed by atoms with Gasteiger partial charge in [-0.25, -0.2) is 4.79 Å². The number of carbonyl (C=O) groups is 2. The van der Waals surface area contributed by atoms with Crippen LogP contribution in [-0.4, -0.2) is 36.3 Å². The number of amides is 2. The van der Waals surface area contributed by atoms with E-state index in [0.29, 0.717) is 26.2 Å². The zero-order valence-corrected chi connectivity index (χ0v) is 12.9. The highest BCUT2D eigenvalue weighted by molar-refractivity contribution is 5.74. The van der Waals surface area contributed by atoms with E-state index in [-0.39, 0.29) is 18.5 Å². The Morgan fingerprint density at radius 1 is 1.27 bits per heavy atom. The lowest BCUT2D eigenvalue weighted by molar-refractivity contribution is -0.137. The highest BCUT2D eigenvalue weighted by atomic mass is 16.5. The maximum atomic E-state index is 11.5. The van der Waals surface area contributed by atoms with Crippen LogP contribution >= 0.6 is 0 Å². The van der Waals surface area contributed by atoms with Gasteiger partial charge in [-0.1, -0.05) is 30.3 Å². The molecule has 1 atom stereocenters. The van der Waals surface area contributed by atoms with Crippen LogP contribution in [0, 0.1) is 0 Å². The topological polar surface area (TPSA) is 87.7 Å². The second kappa shape index (κ2) is 10.6. The summed E-state index contributed by atoms with van der Waals surface area (Å²) in [5, 5.41) is 13.9. The average molecular weight is 308 g/mol. The van der Waals surface area contributed by atoms with Gasteiger partial charge in [0.25, 0.3) is 0 Å². The summed E-state index contributed by atoms with van der Waals surface area (Å²) in [4.78, 5) is 21.9. The number of hydrogen-bond acceptors (Lipinski definition) is 3. The Morgan fingerprint density at radius 3 is 2.68 bits per heavy atom. The first-order chi connectivity index (χ1) is 10.6. The van der Waals surface area contributed by atoms with E-state index in [1.807, 2.05) is 37.3 Å². The number of nitrogens with one attached hydrogen (secondary N) is 2. The average Bonchev–Trinajstić information content (AvgIpc) is 2.49. The van der Waals surface area contributed by atoms with Gasteiger partial charge >= 0.3 is 12.0 Å². The van der Waals surface area contributed by atoms with Crippen LogP contribution in [0.3, 0.4) is 0 Å². The van der Waals surface area contributed by atoms with E-state index in [1.165, 1.54) is 0 Å². The first-order valence-electron chi connectivity index (χ1n) is 7.45. The van der Waals surface area contributed by atoms with E-state index >= 15 is 0 Å². The van der Waals surface area contributed by atoms with Crippen molar-refractivity contribution in [1.29, 1.82) is 0 Å². The third-order valence-corrected chi connectivity index (χ3v) is 3.04. The Bertz CT molecular complexity index is 451. The molecule has 1 rings (SSSR count). The molecule has 0 aliphatic carbocycles. The van der Waals surface area contributed by atoms with Gasteiger partial charge in [0.15, 0.2) is 0 Å². The van der Waals surface area contributed by atoms with Crippen LogP contribution in [0.15, 0.2) is 30.3 Å². The van der Waals surface area contributed by atoms with Gasteiger partial charge in [0.05, 0.1) is 6.61 Å². The predicted octanol–water partition coefficient (Wildman–Crippen LogP) is 2.15. The fourth-order valence-corrected chi connectivity index (χ4v) is 1.81. The summed E-state index contributed by atoms with van der Waals surface area (Å²) in [6.07, 6.45) is 1.20. The second-order valence-electron chi connectivity index (χ2n) is 5.13. The van der Waals surface area contributed by atoms with Crippen LogP contribution < -0.4 is 10.6 Å². The van der Waals surface area contributed by atoms with Crippen molar-refractivity contribution >= 4 is 12.0 Å². The lowest BCUT2D eigenvalue weighted by atomic mass is 10.2. The number of aliphatic carboxylic acids is 1. The van der Waals surface area contributed by atoms with Gasteiger partial charge in [0.2, 0.25) is 0 Å². The Labute approximate surface area is 130 Å². The van der Waals surface area contributed by atoms with Crippen LogP contribution in [-0.2, 0) is 16.1 Å². The summed E-state index contributed by atoms with van der Waals surface area (Å²) in [5.74, 6) is -0.855. The third kappa shape index (κ3) is 8.97. The zero-order valence-electron chi connectivity index (χ0n) is 12.9. The number of benzene rings is 1. The van der Waals surface area contributed by atoms with Crippen LogP contribution in [0.2, 0.25) is 0 Å². The van der Waals surface area contributed by atoms with Gasteiger partial charge in [0, 0.05) is 25.6 Å². The lowest BCUT2D eigenvalue weighted by Crippen LogP contribution is -2.41. The fourth-order valence-electron chi connectivity index (χ4n) is 1.81. The summed E-state index contributed by atoms with van der Waals surface area (Å²) in [7, 11) is 0. The van der Waals surface area contributed by atoms with Crippen molar-refractivity contribution in [2.24, 2.45) is 0 Å². The fraction of sp³-hybridized carbons (Fsp3) is 0.500. The minimum Gasteiger partial charge on any atom is -0.481 e.